The number of benzene rings is 1. The molecule has 4 nitrogen and oxygen atoms in total. The zero-order chi connectivity index (χ0) is 14.1. The predicted octanol–water partition coefficient (Wildman–Crippen LogP) is 3.47. The Hall–Kier alpha value is -0.980. The Bertz CT molecular complexity index is 670. The molecule has 0 bridgehead atoms. The van der Waals surface area contributed by atoms with Gasteiger partial charge in [-0.1, -0.05) is 15.9 Å². The van der Waals surface area contributed by atoms with Crippen molar-refractivity contribution in [3.05, 3.63) is 38.8 Å². The van der Waals surface area contributed by atoms with Crippen molar-refractivity contribution < 1.29 is 0 Å². The molecule has 106 valence electrons. The molecule has 2 heterocycles. The van der Waals surface area contributed by atoms with Gasteiger partial charge in [0.05, 0.1) is 0 Å². The Morgan fingerprint density at radius 3 is 3.00 bits per heavy atom. The van der Waals surface area contributed by atoms with Crippen LogP contribution < -0.4 is 5.32 Å². The van der Waals surface area contributed by atoms with Gasteiger partial charge in [0.25, 0.3) is 0 Å². The molecule has 0 spiro atoms. The number of H-pyrrole nitrogens is 1. The predicted molar refractivity (Wildman–Crippen MR) is 86.0 cm³/mol. The van der Waals surface area contributed by atoms with Gasteiger partial charge >= 0.3 is 0 Å². The molecule has 1 fully saturated rings. The van der Waals surface area contributed by atoms with E-state index in [0.717, 1.165) is 35.5 Å². The fourth-order valence-electron chi connectivity index (χ4n) is 2.67. The molecule has 1 aliphatic rings. The lowest BCUT2D eigenvalue weighted by Crippen LogP contribution is -2.30. The van der Waals surface area contributed by atoms with Crippen molar-refractivity contribution in [1.82, 2.24) is 20.1 Å². The lowest BCUT2D eigenvalue weighted by Gasteiger charge is -2.22. The van der Waals surface area contributed by atoms with Crippen LogP contribution in [0.1, 0.15) is 30.1 Å². The van der Waals surface area contributed by atoms with Gasteiger partial charge in [0, 0.05) is 22.6 Å². The molecule has 0 radical (unpaired) electrons. The molecule has 0 saturated carbocycles. The summed E-state index contributed by atoms with van der Waals surface area (Å²) in [5.74, 6) is 1.45. The van der Waals surface area contributed by atoms with E-state index in [1.54, 1.807) is 0 Å². The second-order valence-electron chi connectivity index (χ2n) is 5.20. The van der Waals surface area contributed by atoms with E-state index < -0.39 is 0 Å². The molecule has 2 aromatic rings. The van der Waals surface area contributed by atoms with E-state index in [9.17, 15) is 0 Å². The van der Waals surface area contributed by atoms with Gasteiger partial charge in [0.15, 0.2) is 4.77 Å². The van der Waals surface area contributed by atoms with Gasteiger partial charge in [-0.2, -0.15) is 5.10 Å². The summed E-state index contributed by atoms with van der Waals surface area (Å²) in [6.45, 7) is 4.15. The second kappa shape index (κ2) is 5.79. The van der Waals surface area contributed by atoms with Gasteiger partial charge in [-0.15, -0.1) is 0 Å². The van der Waals surface area contributed by atoms with Crippen molar-refractivity contribution in [2.75, 3.05) is 13.1 Å². The van der Waals surface area contributed by atoms with Crippen LogP contribution in [0, 0.1) is 11.7 Å². The molecule has 1 unspecified atom stereocenters. The smallest absolute Gasteiger partial charge is 0.199 e. The van der Waals surface area contributed by atoms with Crippen molar-refractivity contribution in [3.63, 3.8) is 0 Å². The fraction of sp³-hybridized carbons (Fsp3) is 0.429. The minimum atomic E-state index is 0.417. The maximum absolute atomic E-state index is 5.41. The molecule has 3 rings (SSSR count). The first kappa shape index (κ1) is 14.0. The first-order valence-electron chi connectivity index (χ1n) is 6.81. The topological polar surface area (TPSA) is 45.6 Å². The highest BCUT2D eigenvalue weighted by molar-refractivity contribution is 9.10. The first-order valence-corrected chi connectivity index (χ1v) is 8.01. The molecule has 1 atom stereocenters. The largest absolute Gasteiger partial charge is 0.316 e. The van der Waals surface area contributed by atoms with Crippen LogP contribution in [-0.2, 0) is 0 Å². The van der Waals surface area contributed by atoms with Gasteiger partial charge < -0.3 is 5.32 Å². The van der Waals surface area contributed by atoms with E-state index in [1.807, 2.05) is 0 Å². The van der Waals surface area contributed by atoms with E-state index in [-0.39, 0.29) is 0 Å². The summed E-state index contributed by atoms with van der Waals surface area (Å²) in [4.78, 5) is 0. The standard InChI is InChI=1S/C14H17BrN4S/c1-9-7-11(4-5-12(9)15)19-13(17-18-14(19)20)10-3-2-6-16-8-10/h4-5,7,10,16H,2-3,6,8H2,1H3,(H,18,20). The van der Waals surface area contributed by atoms with Crippen LogP contribution >= 0.6 is 28.1 Å². The van der Waals surface area contributed by atoms with E-state index in [4.69, 9.17) is 12.2 Å². The molecule has 1 saturated heterocycles. The number of aryl methyl sites for hydroxylation is 1. The first-order chi connectivity index (χ1) is 9.66. The molecule has 2 N–H and O–H groups in total. The third-order valence-electron chi connectivity index (χ3n) is 3.76. The Morgan fingerprint density at radius 2 is 2.30 bits per heavy atom. The zero-order valence-electron chi connectivity index (χ0n) is 11.3. The number of aromatic nitrogens is 3. The maximum Gasteiger partial charge on any atom is 0.199 e. The summed E-state index contributed by atoms with van der Waals surface area (Å²) in [6.07, 6.45) is 2.34. The Labute approximate surface area is 131 Å². The quantitative estimate of drug-likeness (QED) is 0.813. The molecule has 1 aliphatic heterocycles. The molecule has 0 amide bonds. The average Bonchev–Trinajstić information content (AvgIpc) is 2.85. The highest BCUT2D eigenvalue weighted by Gasteiger charge is 2.21. The monoisotopic (exact) mass is 352 g/mol. The minimum Gasteiger partial charge on any atom is -0.316 e. The molecule has 1 aromatic carbocycles. The van der Waals surface area contributed by atoms with Gasteiger partial charge in [0.1, 0.15) is 5.82 Å². The Morgan fingerprint density at radius 1 is 1.45 bits per heavy atom. The highest BCUT2D eigenvalue weighted by Crippen LogP contribution is 2.26. The van der Waals surface area contributed by atoms with Crippen LogP contribution in [0.4, 0.5) is 0 Å². The summed E-state index contributed by atoms with van der Waals surface area (Å²) in [6, 6.07) is 6.26. The molecule has 6 heteroatoms. The van der Waals surface area contributed by atoms with E-state index in [0.29, 0.717) is 10.7 Å². The fourth-order valence-corrected chi connectivity index (χ4v) is 3.16. The number of nitrogens with one attached hydrogen (secondary N) is 2. The van der Waals surface area contributed by atoms with Crippen LogP contribution in [-0.4, -0.2) is 27.9 Å². The van der Waals surface area contributed by atoms with Crippen LogP contribution in [0.25, 0.3) is 5.69 Å². The summed E-state index contributed by atoms with van der Waals surface area (Å²) in [7, 11) is 0. The molecule has 0 aliphatic carbocycles. The van der Waals surface area contributed by atoms with Crippen LogP contribution in [0.5, 0.6) is 0 Å². The van der Waals surface area contributed by atoms with E-state index in [2.05, 4.69) is 61.1 Å². The van der Waals surface area contributed by atoms with E-state index in [1.165, 1.54) is 12.0 Å². The number of rotatable bonds is 2. The van der Waals surface area contributed by atoms with Crippen molar-refractivity contribution in [2.45, 2.75) is 25.7 Å². The number of hydrogen-bond acceptors (Lipinski definition) is 3. The summed E-state index contributed by atoms with van der Waals surface area (Å²) >= 11 is 8.95. The zero-order valence-corrected chi connectivity index (χ0v) is 13.7. The van der Waals surface area contributed by atoms with Gasteiger partial charge in [-0.3, -0.25) is 9.67 Å². The lowest BCUT2D eigenvalue weighted by atomic mass is 9.99. The molecular formula is C14H17BrN4S. The average molecular weight is 353 g/mol. The highest BCUT2D eigenvalue weighted by atomic mass is 79.9. The molecular weight excluding hydrogens is 336 g/mol. The summed E-state index contributed by atoms with van der Waals surface area (Å²) in [5.41, 5.74) is 2.27. The summed E-state index contributed by atoms with van der Waals surface area (Å²) in [5, 5.41) is 10.8. The Kier molecular flexibility index (Phi) is 4.05. The Balaban J connectivity index is 2.06. The molecule has 20 heavy (non-hydrogen) atoms. The number of halogens is 1. The number of nitrogens with zero attached hydrogens (tertiary/aromatic N) is 2. The van der Waals surface area contributed by atoms with Gasteiger partial charge in [-0.05, 0) is 62.3 Å². The lowest BCUT2D eigenvalue weighted by molar-refractivity contribution is 0.442. The third kappa shape index (κ3) is 2.60. The van der Waals surface area contributed by atoms with Crippen molar-refractivity contribution >= 4 is 28.1 Å². The van der Waals surface area contributed by atoms with Crippen LogP contribution in [0.15, 0.2) is 22.7 Å². The number of piperidine rings is 1. The minimum absolute atomic E-state index is 0.417. The van der Waals surface area contributed by atoms with E-state index >= 15 is 0 Å². The second-order valence-corrected chi connectivity index (χ2v) is 6.44. The number of hydrogen-bond donors (Lipinski definition) is 2. The maximum atomic E-state index is 5.41. The third-order valence-corrected chi connectivity index (χ3v) is 4.92. The van der Waals surface area contributed by atoms with Gasteiger partial charge in [-0.25, -0.2) is 0 Å². The van der Waals surface area contributed by atoms with Crippen molar-refractivity contribution in [2.24, 2.45) is 0 Å². The van der Waals surface area contributed by atoms with Crippen molar-refractivity contribution in [1.29, 1.82) is 0 Å². The number of aromatic amines is 1. The molecule has 1 aromatic heterocycles. The van der Waals surface area contributed by atoms with Crippen LogP contribution in [0.3, 0.4) is 0 Å². The normalized spacial score (nSPS) is 19.2. The van der Waals surface area contributed by atoms with Crippen LogP contribution in [0.2, 0.25) is 0 Å². The van der Waals surface area contributed by atoms with Gasteiger partial charge in [0.2, 0.25) is 0 Å². The summed E-state index contributed by atoms with van der Waals surface area (Å²) < 4.78 is 3.83. The van der Waals surface area contributed by atoms with Crippen molar-refractivity contribution in [3.8, 4) is 5.69 Å². The SMILES string of the molecule is Cc1cc(-n2c(C3CCCNC3)n[nH]c2=S)ccc1Br.